The van der Waals surface area contributed by atoms with E-state index in [0.29, 0.717) is 11.2 Å². The second kappa shape index (κ2) is 7.19. The molecule has 27 heavy (non-hydrogen) atoms. The Labute approximate surface area is 159 Å². The molecular formula is C19H18F2N4OS. The number of fused-ring (bicyclic) bond motifs is 1. The van der Waals surface area contributed by atoms with E-state index in [4.69, 9.17) is 0 Å². The Kier molecular flexibility index (Phi) is 4.73. The molecule has 4 rings (SSSR count). The first-order chi connectivity index (χ1) is 13.0. The Hall–Kier alpha value is -2.61. The number of nitrogens with one attached hydrogen (secondary N) is 1. The first-order valence-electron chi connectivity index (χ1n) is 8.73. The summed E-state index contributed by atoms with van der Waals surface area (Å²) in [5.74, 6) is -1.72. The standard InChI is InChI=1S/C19H18F2N4OS/c1-11-7-14(4-5-22-11)25-6-2-3-12(10-25)18(26)24-19-23-17-15(21)8-13(20)9-16(17)27-19/h4-5,7-9,12H,2-3,6,10H2,1H3,(H,23,24,26). The zero-order valence-electron chi connectivity index (χ0n) is 14.7. The minimum atomic E-state index is -0.723. The zero-order valence-corrected chi connectivity index (χ0v) is 15.5. The number of thiazole rings is 1. The molecule has 1 N–H and O–H groups in total. The molecule has 0 radical (unpaired) electrons. The number of aryl methyl sites for hydroxylation is 1. The summed E-state index contributed by atoms with van der Waals surface area (Å²) in [6.07, 6.45) is 3.45. The summed E-state index contributed by atoms with van der Waals surface area (Å²) >= 11 is 1.07. The van der Waals surface area contributed by atoms with Crippen LogP contribution in [-0.2, 0) is 4.79 Å². The van der Waals surface area contributed by atoms with E-state index in [1.54, 1.807) is 6.20 Å². The number of rotatable bonds is 3. The fourth-order valence-electron chi connectivity index (χ4n) is 3.37. The predicted octanol–water partition coefficient (Wildman–Crippen LogP) is 4.13. The van der Waals surface area contributed by atoms with Gasteiger partial charge in [-0.05, 0) is 38.0 Å². The monoisotopic (exact) mass is 388 g/mol. The van der Waals surface area contributed by atoms with Crippen LogP contribution in [0.15, 0.2) is 30.5 Å². The first-order valence-corrected chi connectivity index (χ1v) is 9.55. The van der Waals surface area contributed by atoms with Crippen LogP contribution in [0.3, 0.4) is 0 Å². The molecule has 1 amide bonds. The van der Waals surface area contributed by atoms with Gasteiger partial charge in [-0.15, -0.1) is 0 Å². The maximum atomic E-state index is 13.8. The van der Waals surface area contributed by atoms with Crippen molar-refractivity contribution in [2.75, 3.05) is 23.3 Å². The molecule has 1 atom stereocenters. The van der Waals surface area contributed by atoms with Gasteiger partial charge in [-0.1, -0.05) is 11.3 Å². The number of carbonyl (C=O) groups is 1. The van der Waals surface area contributed by atoms with Crippen molar-refractivity contribution in [2.45, 2.75) is 19.8 Å². The van der Waals surface area contributed by atoms with Crippen LogP contribution in [0.5, 0.6) is 0 Å². The molecule has 0 aliphatic carbocycles. The fraction of sp³-hybridized carbons (Fsp3) is 0.316. The number of benzene rings is 1. The lowest BCUT2D eigenvalue weighted by atomic mass is 9.97. The van der Waals surface area contributed by atoms with Gasteiger partial charge in [-0.3, -0.25) is 9.78 Å². The quantitative estimate of drug-likeness (QED) is 0.733. The summed E-state index contributed by atoms with van der Waals surface area (Å²) in [6, 6.07) is 5.96. The van der Waals surface area contributed by atoms with Crippen LogP contribution < -0.4 is 10.2 Å². The maximum absolute atomic E-state index is 13.8. The summed E-state index contributed by atoms with van der Waals surface area (Å²) in [4.78, 5) is 23.2. The van der Waals surface area contributed by atoms with Crippen LogP contribution in [0.2, 0.25) is 0 Å². The van der Waals surface area contributed by atoms with E-state index < -0.39 is 11.6 Å². The molecule has 1 unspecified atom stereocenters. The molecule has 8 heteroatoms. The molecule has 0 spiro atoms. The van der Waals surface area contributed by atoms with Gasteiger partial charge in [0.15, 0.2) is 10.9 Å². The third kappa shape index (κ3) is 3.75. The molecule has 1 aliphatic rings. The minimum Gasteiger partial charge on any atom is -0.371 e. The number of anilines is 2. The molecule has 3 heterocycles. The number of hydrogen-bond donors (Lipinski definition) is 1. The highest BCUT2D eigenvalue weighted by atomic mass is 32.1. The summed E-state index contributed by atoms with van der Waals surface area (Å²) in [7, 11) is 0. The highest BCUT2D eigenvalue weighted by molar-refractivity contribution is 7.22. The third-order valence-electron chi connectivity index (χ3n) is 4.68. The van der Waals surface area contributed by atoms with Crippen LogP contribution in [0.1, 0.15) is 18.5 Å². The van der Waals surface area contributed by atoms with E-state index >= 15 is 0 Å². The first kappa shape index (κ1) is 17.8. The Bertz CT molecular complexity index is 1010. The zero-order chi connectivity index (χ0) is 19.0. The average Bonchev–Trinajstić information content (AvgIpc) is 3.04. The van der Waals surface area contributed by atoms with Gasteiger partial charge in [-0.2, -0.15) is 0 Å². The number of amides is 1. The molecule has 1 aliphatic heterocycles. The van der Waals surface area contributed by atoms with E-state index in [-0.39, 0.29) is 22.5 Å². The maximum Gasteiger partial charge on any atom is 0.231 e. The van der Waals surface area contributed by atoms with Crippen LogP contribution in [-0.4, -0.2) is 29.0 Å². The lowest BCUT2D eigenvalue weighted by Crippen LogP contribution is -2.40. The summed E-state index contributed by atoms with van der Waals surface area (Å²) < 4.78 is 27.5. The number of piperidine rings is 1. The van der Waals surface area contributed by atoms with Gasteiger partial charge in [0.05, 0.1) is 10.6 Å². The van der Waals surface area contributed by atoms with Crippen molar-refractivity contribution >= 4 is 38.3 Å². The number of halogens is 2. The number of nitrogens with zero attached hydrogens (tertiary/aromatic N) is 3. The second-order valence-corrected chi connectivity index (χ2v) is 7.71. The molecule has 1 fully saturated rings. The molecule has 0 saturated carbocycles. The van der Waals surface area contributed by atoms with Crippen molar-refractivity contribution < 1.29 is 13.6 Å². The Morgan fingerprint density at radius 3 is 3.00 bits per heavy atom. The lowest BCUT2D eigenvalue weighted by molar-refractivity contribution is -0.120. The van der Waals surface area contributed by atoms with Crippen LogP contribution in [0.4, 0.5) is 19.6 Å². The molecular weight excluding hydrogens is 370 g/mol. The van der Waals surface area contributed by atoms with Crippen LogP contribution in [0, 0.1) is 24.5 Å². The molecule has 0 bridgehead atoms. The lowest BCUT2D eigenvalue weighted by Gasteiger charge is -2.33. The molecule has 1 saturated heterocycles. The van der Waals surface area contributed by atoms with Gasteiger partial charge in [0, 0.05) is 36.7 Å². The summed E-state index contributed by atoms with van der Waals surface area (Å²) in [6.45, 7) is 3.43. The van der Waals surface area contributed by atoms with E-state index in [0.717, 1.165) is 48.2 Å². The molecule has 1 aromatic carbocycles. The number of carbonyl (C=O) groups excluding carboxylic acids is 1. The molecule has 5 nitrogen and oxygen atoms in total. The Morgan fingerprint density at radius 1 is 1.33 bits per heavy atom. The Morgan fingerprint density at radius 2 is 2.19 bits per heavy atom. The van der Waals surface area contributed by atoms with E-state index in [1.165, 1.54) is 6.07 Å². The predicted molar refractivity (Wildman–Crippen MR) is 102 cm³/mol. The highest BCUT2D eigenvalue weighted by Crippen LogP contribution is 2.30. The number of aromatic nitrogens is 2. The Balaban J connectivity index is 1.48. The number of pyridine rings is 1. The van der Waals surface area contributed by atoms with Gasteiger partial charge < -0.3 is 10.2 Å². The van der Waals surface area contributed by atoms with Gasteiger partial charge in [0.25, 0.3) is 0 Å². The second-order valence-electron chi connectivity index (χ2n) is 6.68. The van der Waals surface area contributed by atoms with Crippen molar-refractivity contribution in [3.8, 4) is 0 Å². The van der Waals surface area contributed by atoms with Crippen molar-refractivity contribution in [1.29, 1.82) is 0 Å². The van der Waals surface area contributed by atoms with Crippen molar-refractivity contribution in [2.24, 2.45) is 5.92 Å². The molecule has 2 aromatic heterocycles. The minimum absolute atomic E-state index is 0.0780. The SMILES string of the molecule is Cc1cc(N2CCCC(C(=O)Nc3nc4c(F)cc(F)cc4s3)C2)ccn1. The number of hydrogen-bond acceptors (Lipinski definition) is 5. The van der Waals surface area contributed by atoms with Crippen LogP contribution in [0.25, 0.3) is 10.2 Å². The summed E-state index contributed by atoms with van der Waals surface area (Å²) in [5.41, 5.74) is 2.06. The van der Waals surface area contributed by atoms with Crippen molar-refractivity contribution in [3.63, 3.8) is 0 Å². The van der Waals surface area contributed by atoms with E-state index in [2.05, 4.69) is 20.2 Å². The van der Waals surface area contributed by atoms with E-state index in [9.17, 15) is 13.6 Å². The van der Waals surface area contributed by atoms with E-state index in [1.807, 2.05) is 19.1 Å². The van der Waals surface area contributed by atoms with Gasteiger partial charge in [0.2, 0.25) is 5.91 Å². The van der Waals surface area contributed by atoms with Crippen molar-refractivity contribution in [3.05, 3.63) is 47.8 Å². The smallest absolute Gasteiger partial charge is 0.231 e. The highest BCUT2D eigenvalue weighted by Gasteiger charge is 2.27. The van der Waals surface area contributed by atoms with Gasteiger partial charge >= 0.3 is 0 Å². The third-order valence-corrected chi connectivity index (χ3v) is 5.60. The van der Waals surface area contributed by atoms with Crippen molar-refractivity contribution in [1.82, 2.24) is 9.97 Å². The van der Waals surface area contributed by atoms with Crippen LogP contribution >= 0.6 is 11.3 Å². The van der Waals surface area contributed by atoms with Gasteiger partial charge in [-0.25, -0.2) is 13.8 Å². The fourth-order valence-corrected chi connectivity index (χ4v) is 4.28. The molecule has 140 valence electrons. The molecule has 3 aromatic rings. The normalized spacial score (nSPS) is 17.3. The largest absolute Gasteiger partial charge is 0.371 e. The van der Waals surface area contributed by atoms with Gasteiger partial charge in [0.1, 0.15) is 11.3 Å². The summed E-state index contributed by atoms with van der Waals surface area (Å²) in [5, 5.41) is 3.06. The average molecular weight is 388 g/mol. The topological polar surface area (TPSA) is 58.1 Å².